The van der Waals surface area contributed by atoms with Crippen molar-refractivity contribution in [1.29, 1.82) is 0 Å². The van der Waals surface area contributed by atoms with E-state index < -0.39 is 58.5 Å². The highest BCUT2D eigenvalue weighted by molar-refractivity contribution is 8.15. The summed E-state index contributed by atoms with van der Waals surface area (Å²) in [5.74, 6) is -3.44. The van der Waals surface area contributed by atoms with E-state index in [9.17, 15) is 28.8 Å². The fraction of sp³-hybridized carbons (Fsp3) is 0.750. The molecule has 0 aromatic rings. The molecule has 0 saturated carbocycles. The van der Waals surface area contributed by atoms with Crippen LogP contribution < -0.4 is 0 Å². The number of Topliss-reactive ketones (excluding diaryl/α,β-unsaturated/α-hetero) is 1. The summed E-state index contributed by atoms with van der Waals surface area (Å²) in [6, 6.07) is 0. The molecule has 0 unspecified atom stereocenters. The maximum atomic E-state index is 13.0. The number of nitrogens with zero attached hydrogens (tertiary/aromatic N) is 1. The van der Waals surface area contributed by atoms with Crippen LogP contribution in [-0.4, -0.2) is 89.5 Å². The molecule has 1 aliphatic rings. The van der Waals surface area contributed by atoms with Gasteiger partial charge in [0.05, 0.1) is 17.3 Å². The van der Waals surface area contributed by atoms with Crippen molar-refractivity contribution in [2.24, 2.45) is 5.92 Å². The van der Waals surface area contributed by atoms with Gasteiger partial charge in [-0.2, -0.15) is 0 Å². The average Bonchev–Trinajstić information content (AvgIpc) is 2.83. The Kier molecular flexibility index (Phi) is 16.0. The van der Waals surface area contributed by atoms with Gasteiger partial charge in [0.15, 0.2) is 0 Å². The van der Waals surface area contributed by atoms with Crippen molar-refractivity contribution in [2.45, 2.75) is 64.5 Å². The van der Waals surface area contributed by atoms with Gasteiger partial charge in [-0.25, -0.2) is 9.59 Å². The second kappa shape index (κ2) is 18.1. The minimum Gasteiger partial charge on any atom is -0.465 e. The maximum Gasteiger partial charge on any atom is 0.371 e. The first-order chi connectivity index (χ1) is 17.9. The molecule has 0 aromatic carbocycles. The number of carbonyl (C=O) groups excluding carboxylic acids is 6. The molecular formula is C24H37NO11S2. The van der Waals surface area contributed by atoms with Crippen LogP contribution in [0.15, 0.2) is 0 Å². The summed E-state index contributed by atoms with van der Waals surface area (Å²) >= 11 is 1.23. The second-order valence-corrected chi connectivity index (χ2v) is 11.5. The normalized spacial score (nSPS) is 14.6. The van der Waals surface area contributed by atoms with Crippen molar-refractivity contribution in [3.05, 3.63) is 0 Å². The number of ketones is 1. The monoisotopic (exact) mass is 579 g/mol. The molecule has 1 rings (SSSR count). The third-order valence-electron chi connectivity index (χ3n) is 5.37. The Bertz CT molecular complexity index is 828. The highest BCUT2D eigenvalue weighted by Crippen LogP contribution is 2.31. The Labute approximate surface area is 231 Å². The SMILES string of the molecule is CC(=O)OCOC(=O)SC[C@H](CC(=O)C(C)(C)SC(=O)OCOC(C)=O)C(=O)OCCCN1CCCCC1. The third kappa shape index (κ3) is 15.2. The van der Waals surface area contributed by atoms with Crippen LogP contribution in [0.2, 0.25) is 0 Å². The molecule has 1 aliphatic heterocycles. The maximum absolute atomic E-state index is 13.0. The van der Waals surface area contributed by atoms with Crippen molar-refractivity contribution in [3.63, 3.8) is 0 Å². The lowest BCUT2D eigenvalue weighted by Crippen LogP contribution is -2.35. The van der Waals surface area contributed by atoms with Gasteiger partial charge in [-0.1, -0.05) is 6.42 Å². The minimum absolute atomic E-state index is 0.118. The molecule has 38 heavy (non-hydrogen) atoms. The van der Waals surface area contributed by atoms with E-state index in [4.69, 9.17) is 14.2 Å². The Morgan fingerprint density at radius 3 is 1.97 bits per heavy atom. The highest BCUT2D eigenvalue weighted by Gasteiger charge is 2.36. The summed E-state index contributed by atoms with van der Waals surface area (Å²) < 4.78 is 22.8. The smallest absolute Gasteiger partial charge is 0.371 e. The van der Waals surface area contributed by atoms with Crippen LogP contribution in [0.4, 0.5) is 9.59 Å². The number of hydrogen-bond acceptors (Lipinski definition) is 14. The number of piperidine rings is 1. The zero-order chi connectivity index (χ0) is 28.6. The largest absolute Gasteiger partial charge is 0.465 e. The van der Waals surface area contributed by atoms with E-state index >= 15 is 0 Å². The van der Waals surface area contributed by atoms with E-state index in [0.717, 1.165) is 46.3 Å². The number of hydrogen-bond donors (Lipinski definition) is 0. The van der Waals surface area contributed by atoms with Crippen LogP contribution in [0.1, 0.15) is 59.8 Å². The molecule has 0 spiro atoms. The van der Waals surface area contributed by atoms with Crippen LogP contribution in [0.3, 0.4) is 0 Å². The first-order valence-electron chi connectivity index (χ1n) is 12.2. The van der Waals surface area contributed by atoms with Gasteiger partial charge in [-0.3, -0.25) is 19.2 Å². The zero-order valence-corrected chi connectivity index (χ0v) is 24.0. The lowest BCUT2D eigenvalue weighted by Gasteiger charge is -2.26. The van der Waals surface area contributed by atoms with Crippen molar-refractivity contribution in [3.8, 4) is 0 Å². The molecule has 12 nitrogen and oxygen atoms in total. The molecule has 1 heterocycles. The minimum atomic E-state index is -1.28. The fourth-order valence-electron chi connectivity index (χ4n) is 3.27. The Morgan fingerprint density at radius 1 is 0.816 bits per heavy atom. The number of likely N-dealkylation sites (tertiary alicyclic amines) is 1. The van der Waals surface area contributed by atoms with E-state index in [1.807, 2.05) is 0 Å². The van der Waals surface area contributed by atoms with E-state index in [2.05, 4.69) is 14.4 Å². The highest BCUT2D eigenvalue weighted by atomic mass is 32.2. The predicted molar refractivity (Wildman–Crippen MR) is 139 cm³/mol. The van der Waals surface area contributed by atoms with E-state index in [0.29, 0.717) is 29.9 Å². The molecule has 0 aromatic heterocycles. The molecule has 0 radical (unpaired) electrons. The molecule has 14 heteroatoms. The molecular weight excluding hydrogens is 542 g/mol. The van der Waals surface area contributed by atoms with Gasteiger partial charge in [-0.05, 0) is 69.7 Å². The summed E-state index contributed by atoms with van der Waals surface area (Å²) in [7, 11) is 0. The van der Waals surface area contributed by atoms with E-state index in [1.54, 1.807) is 0 Å². The van der Waals surface area contributed by atoms with Crippen molar-refractivity contribution in [2.75, 3.05) is 45.6 Å². The molecule has 1 saturated heterocycles. The topological polar surface area (TPSA) is 152 Å². The molecule has 0 aliphatic carbocycles. The van der Waals surface area contributed by atoms with Gasteiger partial charge in [0.2, 0.25) is 13.6 Å². The Balaban J connectivity index is 2.67. The molecule has 0 amide bonds. The summed E-state index contributed by atoms with van der Waals surface area (Å²) in [6.07, 6.45) is 3.87. The number of carbonyl (C=O) groups is 6. The number of ether oxygens (including phenoxy) is 5. The van der Waals surface area contributed by atoms with Gasteiger partial charge >= 0.3 is 28.5 Å². The van der Waals surface area contributed by atoms with Crippen LogP contribution >= 0.6 is 23.5 Å². The van der Waals surface area contributed by atoms with Crippen molar-refractivity contribution < 1.29 is 52.5 Å². The van der Waals surface area contributed by atoms with Crippen molar-refractivity contribution in [1.82, 2.24) is 4.90 Å². The Morgan fingerprint density at radius 2 is 1.39 bits per heavy atom. The van der Waals surface area contributed by atoms with Crippen LogP contribution in [0.25, 0.3) is 0 Å². The fourth-order valence-corrected chi connectivity index (χ4v) is 4.71. The quantitative estimate of drug-likeness (QED) is 0.120. The van der Waals surface area contributed by atoms with E-state index in [-0.39, 0.29) is 18.8 Å². The van der Waals surface area contributed by atoms with Crippen LogP contribution in [0, 0.1) is 5.92 Å². The number of esters is 3. The lowest BCUT2D eigenvalue weighted by atomic mass is 9.97. The number of rotatable bonds is 15. The number of thioether (sulfide) groups is 2. The molecule has 1 fully saturated rings. The molecule has 1 atom stereocenters. The standard InChI is InChI=1S/C24H37NO11S2/c1-17(26)33-15-35-22(30)37-14-19(21(29)32-12-8-11-25-9-6-5-7-10-25)13-20(28)24(3,4)38-23(31)36-16-34-18(2)27/h19H,5-16H2,1-4H3/t19-/m0/s1. The molecule has 216 valence electrons. The van der Waals surface area contributed by atoms with Gasteiger partial charge in [-0.15, -0.1) is 0 Å². The summed E-state index contributed by atoms with van der Waals surface area (Å²) in [5.41, 5.74) is 0. The van der Waals surface area contributed by atoms with Crippen molar-refractivity contribution >= 4 is 57.8 Å². The summed E-state index contributed by atoms with van der Waals surface area (Å²) in [5, 5.41) is -1.62. The first-order valence-corrected chi connectivity index (χ1v) is 14.0. The second-order valence-electron chi connectivity index (χ2n) is 8.97. The van der Waals surface area contributed by atoms with Gasteiger partial charge < -0.3 is 28.6 Å². The van der Waals surface area contributed by atoms with Crippen LogP contribution in [-0.2, 0) is 42.9 Å². The first kappa shape index (κ1) is 33.7. The zero-order valence-electron chi connectivity index (χ0n) is 22.3. The van der Waals surface area contributed by atoms with Gasteiger partial charge in [0, 0.05) is 32.6 Å². The third-order valence-corrected chi connectivity index (χ3v) is 7.31. The summed E-state index contributed by atoms with van der Waals surface area (Å²) in [4.78, 5) is 73.8. The molecule has 0 N–H and O–H groups in total. The van der Waals surface area contributed by atoms with Gasteiger partial charge in [0.25, 0.3) is 0 Å². The van der Waals surface area contributed by atoms with Gasteiger partial charge in [0.1, 0.15) is 5.78 Å². The van der Waals surface area contributed by atoms with E-state index in [1.165, 1.54) is 20.3 Å². The Hall–Kier alpha value is -2.32. The molecule has 0 bridgehead atoms. The average molecular weight is 580 g/mol. The summed E-state index contributed by atoms with van der Waals surface area (Å²) in [6.45, 7) is 7.18. The predicted octanol–water partition coefficient (Wildman–Crippen LogP) is 3.54. The van der Waals surface area contributed by atoms with Crippen LogP contribution in [0.5, 0.6) is 0 Å². The lowest BCUT2D eigenvalue weighted by molar-refractivity contribution is -0.149.